The summed E-state index contributed by atoms with van der Waals surface area (Å²) in [5, 5.41) is 19.1. The molecular weight excluding hydrogens is 410 g/mol. The molecule has 0 aliphatic heterocycles. The third-order valence-corrected chi connectivity index (χ3v) is 4.38. The molecule has 0 saturated carbocycles. The van der Waals surface area contributed by atoms with Gasteiger partial charge in [-0.05, 0) is 60.1 Å². The van der Waals surface area contributed by atoms with Crippen LogP contribution in [0.5, 0.6) is 0 Å². The summed E-state index contributed by atoms with van der Waals surface area (Å²) in [7, 11) is 0. The van der Waals surface area contributed by atoms with E-state index in [0.717, 1.165) is 15.8 Å². The molecule has 0 unspecified atom stereocenters. The predicted octanol–water partition coefficient (Wildman–Crippen LogP) is 3.70. The van der Waals surface area contributed by atoms with Crippen LogP contribution in [0.3, 0.4) is 0 Å². The minimum absolute atomic E-state index is 0.144. The molecule has 3 aromatic rings. The van der Waals surface area contributed by atoms with Gasteiger partial charge in [-0.25, -0.2) is 15.0 Å². The van der Waals surface area contributed by atoms with Crippen LogP contribution >= 0.6 is 15.9 Å². The van der Waals surface area contributed by atoms with Crippen molar-refractivity contribution in [2.45, 2.75) is 26.0 Å². The number of hydrogen-bond acceptors (Lipinski definition) is 8. The summed E-state index contributed by atoms with van der Waals surface area (Å²) in [6, 6.07) is 9.25. The molecule has 8 nitrogen and oxygen atoms in total. The monoisotopic (exact) mass is 429 g/mol. The van der Waals surface area contributed by atoms with Crippen molar-refractivity contribution in [3.8, 4) is 0 Å². The van der Waals surface area contributed by atoms with Crippen LogP contribution in [0.15, 0.2) is 53.4 Å². The predicted molar refractivity (Wildman–Crippen MR) is 110 cm³/mol. The molecule has 2 atom stereocenters. The number of nitrogens with zero attached hydrogens (tertiary/aromatic N) is 4. The first kappa shape index (κ1) is 19.0. The molecule has 0 aliphatic carbocycles. The van der Waals surface area contributed by atoms with Crippen molar-refractivity contribution in [1.82, 2.24) is 19.9 Å². The van der Waals surface area contributed by atoms with Gasteiger partial charge in [0.05, 0.1) is 16.6 Å². The highest BCUT2D eigenvalue weighted by Gasteiger charge is 2.12. The highest BCUT2D eigenvalue weighted by molar-refractivity contribution is 9.10. The first-order chi connectivity index (χ1) is 13.0. The number of hydrogen-bond donors (Lipinski definition) is 4. The van der Waals surface area contributed by atoms with Crippen molar-refractivity contribution in [2.75, 3.05) is 16.0 Å². The van der Waals surface area contributed by atoms with E-state index in [4.69, 9.17) is 0 Å². The summed E-state index contributed by atoms with van der Waals surface area (Å²) in [6.07, 6.45) is 4.52. The number of benzene rings is 1. The molecule has 2 aromatic heterocycles. The second-order valence-corrected chi connectivity index (χ2v) is 6.82. The first-order valence-electron chi connectivity index (χ1n) is 8.39. The lowest BCUT2D eigenvalue weighted by Crippen LogP contribution is -2.28. The average molecular weight is 430 g/mol. The van der Waals surface area contributed by atoms with E-state index in [0.29, 0.717) is 17.7 Å². The molecule has 4 N–H and O–H groups in total. The quantitative estimate of drug-likeness (QED) is 0.450. The van der Waals surface area contributed by atoms with Crippen LogP contribution in [0.1, 0.15) is 13.8 Å². The standard InChI is InChI=1S/C18H20BrN7O/c1-11(12(2)27)23-16-15(19)10-22-18(26-16)25-14-6-4-13(5-7-14)24-17-20-8-3-9-21-17/h3-12,27H,1-2H3,(H,20,21,24)(H2,22,23,25,26)/t11-,12-/m1/s1. The number of aliphatic hydroxyl groups is 1. The van der Waals surface area contributed by atoms with Gasteiger partial charge in [0.1, 0.15) is 5.82 Å². The molecular formula is C18H20BrN7O. The zero-order valence-corrected chi connectivity index (χ0v) is 16.5. The van der Waals surface area contributed by atoms with Gasteiger partial charge in [-0.3, -0.25) is 0 Å². The molecule has 27 heavy (non-hydrogen) atoms. The Morgan fingerprint density at radius 1 is 0.926 bits per heavy atom. The summed E-state index contributed by atoms with van der Waals surface area (Å²) < 4.78 is 0.725. The Bertz CT molecular complexity index is 875. The SMILES string of the molecule is C[C@@H](O)[C@@H](C)Nc1nc(Nc2ccc(Nc3ncccn3)cc2)ncc1Br. The Morgan fingerprint density at radius 3 is 2.11 bits per heavy atom. The fourth-order valence-electron chi connectivity index (χ4n) is 2.12. The number of halogens is 1. The molecule has 0 bridgehead atoms. The molecule has 140 valence electrons. The van der Waals surface area contributed by atoms with Crippen LogP contribution < -0.4 is 16.0 Å². The molecule has 0 saturated heterocycles. The molecule has 9 heteroatoms. The zero-order valence-electron chi connectivity index (χ0n) is 14.9. The van der Waals surface area contributed by atoms with Gasteiger partial charge in [0.2, 0.25) is 11.9 Å². The summed E-state index contributed by atoms with van der Waals surface area (Å²) in [6.45, 7) is 3.61. The molecule has 0 amide bonds. The Morgan fingerprint density at radius 2 is 1.52 bits per heavy atom. The maximum absolute atomic E-state index is 9.66. The molecule has 1 aromatic carbocycles. The van der Waals surface area contributed by atoms with E-state index in [1.165, 1.54) is 0 Å². The van der Waals surface area contributed by atoms with Crippen LogP contribution in [-0.2, 0) is 0 Å². The van der Waals surface area contributed by atoms with Gasteiger partial charge in [0.25, 0.3) is 0 Å². The normalized spacial score (nSPS) is 12.9. The topological polar surface area (TPSA) is 108 Å². The molecule has 0 spiro atoms. The zero-order chi connectivity index (χ0) is 19.2. The van der Waals surface area contributed by atoms with Crippen molar-refractivity contribution >= 4 is 45.0 Å². The van der Waals surface area contributed by atoms with E-state index in [2.05, 4.69) is 51.8 Å². The van der Waals surface area contributed by atoms with Crippen LogP contribution in [0.2, 0.25) is 0 Å². The highest BCUT2D eigenvalue weighted by atomic mass is 79.9. The van der Waals surface area contributed by atoms with Gasteiger partial charge in [-0.15, -0.1) is 0 Å². The first-order valence-corrected chi connectivity index (χ1v) is 9.19. The van der Waals surface area contributed by atoms with Gasteiger partial charge in [-0.2, -0.15) is 4.98 Å². The maximum Gasteiger partial charge on any atom is 0.229 e. The van der Waals surface area contributed by atoms with Crippen molar-refractivity contribution in [2.24, 2.45) is 0 Å². The Labute approximate surface area is 165 Å². The second-order valence-electron chi connectivity index (χ2n) is 5.96. The van der Waals surface area contributed by atoms with Gasteiger partial charge in [-0.1, -0.05) is 0 Å². The Kier molecular flexibility index (Phi) is 6.15. The van der Waals surface area contributed by atoms with Gasteiger partial charge >= 0.3 is 0 Å². The van der Waals surface area contributed by atoms with Crippen molar-refractivity contribution in [1.29, 1.82) is 0 Å². The summed E-state index contributed by atoms with van der Waals surface area (Å²) >= 11 is 3.42. The number of aromatic nitrogens is 4. The summed E-state index contributed by atoms with van der Waals surface area (Å²) in [5.41, 5.74) is 1.71. The lowest BCUT2D eigenvalue weighted by atomic mass is 10.2. The third kappa shape index (κ3) is 5.35. The maximum atomic E-state index is 9.66. The minimum Gasteiger partial charge on any atom is -0.391 e. The van der Waals surface area contributed by atoms with E-state index >= 15 is 0 Å². The molecule has 0 fully saturated rings. The van der Waals surface area contributed by atoms with E-state index in [-0.39, 0.29) is 6.04 Å². The Hall–Kier alpha value is -2.78. The van der Waals surface area contributed by atoms with Crippen LogP contribution in [0.4, 0.5) is 29.1 Å². The van der Waals surface area contributed by atoms with E-state index in [9.17, 15) is 5.11 Å². The van der Waals surface area contributed by atoms with Crippen LogP contribution in [0.25, 0.3) is 0 Å². The van der Waals surface area contributed by atoms with Gasteiger partial charge in [0.15, 0.2) is 0 Å². The smallest absolute Gasteiger partial charge is 0.229 e. The fraction of sp³-hybridized carbons (Fsp3) is 0.222. The number of anilines is 5. The van der Waals surface area contributed by atoms with Crippen LogP contribution in [0, 0.1) is 0 Å². The average Bonchev–Trinajstić information content (AvgIpc) is 2.67. The van der Waals surface area contributed by atoms with Gasteiger partial charge in [0, 0.05) is 30.0 Å². The molecule has 0 aliphatic rings. The van der Waals surface area contributed by atoms with Gasteiger partial charge < -0.3 is 21.1 Å². The third-order valence-electron chi connectivity index (χ3n) is 3.80. The molecule has 0 radical (unpaired) electrons. The molecule has 3 rings (SSSR count). The Balaban J connectivity index is 1.68. The van der Waals surface area contributed by atoms with E-state index < -0.39 is 6.10 Å². The number of nitrogens with one attached hydrogen (secondary N) is 3. The fourth-order valence-corrected chi connectivity index (χ4v) is 2.43. The lowest BCUT2D eigenvalue weighted by molar-refractivity contribution is 0.177. The second kappa shape index (κ2) is 8.74. The number of aliphatic hydroxyl groups excluding tert-OH is 1. The lowest BCUT2D eigenvalue weighted by Gasteiger charge is -2.18. The minimum atomic E-state index is -0.503. The van der Waals surface area contributed by atoms with Crippen molar-refractivity contribution < 1.29 is 5.11 Å². The van der Waals surface area contributed by atoms with Crippen molar-refractivity contribution in [3.05, 3.63) is 53.4 Å². The largest absolute Gasteiger partial charge is 0.391 e. The summed E-state index contributed by atoms with van der Waals surface area (Å²) in [4.78, 5) is 17.0. The van der Waals surface area contributed by atoms with E-state index in [1.807, 2.05) is 31.2 Å². The molecule has 2 heterocycles. The van der Waals surface area contributed by atoms with E-state index in [1.54, 1.807) is 31.6 Å². The number of rotatable bonds is 7. The summed E-state index contributed by atoms with van der Waals surface area (Å²) in [5.74, 6) is 1.60. The van der Waals surface area contributed by atoms with Crippen molar-refractivity contribution in [3.63, 3.8) is 0 Å². The van der Waals surface area contributed by atoms with Crippen LogP contribution in [-0.4, -0.2) is 37.2 Å². The highest BCUT2D eigenvalue weighted by Crippen LogP contribution is 2.24.